The minimum atomic E-state index is -0.0886. The fraction of sp³-hybridized carbons (Fsp3) is 0.0625. The van der Waals surface area contributed by atoms with E-state index in [-0.39, 0.29) is 5.91 Å². The maximum Gasteiger partial charge on any atom is 0.255 e. The molecular formula is C16H14N2O. The standard InChI is InChI=1S/C16H14N2O/c19-16(18-14-5-3-1-2-4-6-14)13-8-7-12-9-10-17-15(12)11-13/h1-3,5-11,17H,4H2,(H,18,19). The van der Waals surface area contributed by atoms with Crippen LogP contribution in [0.2, 0.25) is 0 Å². The number of aromatic amines is 1. The Hall–Kier alpha value is -2.55. The molecule has 2 aromatic rings. The Kier molecular flexibility index (Phi) is 3.02. The fourth-order valence-corrected chi connectivity index (χ4v) is 2.06. The molecule has 1 aromatic heterocycles. The van der Waals surface area contributed by atoms with Gasteiger partial charge in [-0.25, -0.2) is 0 Å². The van der Waals surface area contributed by atoms with E-state index in [1.165, 1.54) is 0 Å². The van der Waals surface area contributed by atoms with E-state index >= 15 is 0 Å². The zero-order chi connectivity index (χ0) is 13.1. The third-order valence-electron chi connectivity index (χ3n) is 3.07. The molecule has 3 rings (SSSR count). The summed E-state index contributed by atoms with van der Waals surface area (Å²) in [4.78, 5) is 15.3. The number of amides is 1. The summed E-state index contributed by atoms with van der Waals surface area (Å²) in [6.45, 7) is 0. The summed E-state index contributed by atoms with van der Waals surface area (Å²) in [5, 5.41) is 4.02. The summed E-state index contributed by atoms with van der Waals surface area (Å²) in [7, 11) is 0. The van der Waals surface area contributed by atoms with Gasteiger partial charge >= 0.3 is 0 Å². The van der Waals surface area contributed by atoms with Gasteiger partial charge in [-0.2, -0.15) is 0 Å². The Morgan fingerprint density at radius 3 is 3.11 bits per heavy atom. The normalized spacial score (nSPS) is 14.2. The highest BCUT2D eigenvalue weighted by atomic mass is 16.1. The highest BCUT2D eigenvalue weighted by molar-refractivity contribution is 5.98. The van der Waals surface area contributed by atoms with Gasteiger partial charge in [0.1, 0.15) is 0 Å². The number of hydrogen-bond donors (Lipinski definition) is 2. The first-order valence-electron chi connectivity index (χ1n) is 6.25. The van der Waals surface area contributed by atoms with E-state index in [2.05, 4.69) is 10.3 Å². The van der Waals surface area contributed by atoms with Crippen molar-refractivity contribution in [1.82, 2.24) is 10.3 Å². The van der Waals surface area contributed by atoms with Crippen molar-refractivity contribution in [2.75, 3.05) is 0 Å². The van der Waals surface area contributed by atoms with Crippen LogP contribution in [-0.2, 0) is 0 Å². The topological polar surface area (TPSA) is 44.9 Å². The SMILES string of the molecule is O=C(NC1=CCC=CC=C1)c1ccc2cc[nH]c2c1. The number of benzene rings is 1. The number of H-pyrrole nitrogens is 1. The second kappa shape index (κ2) is 4.98. The predicted molar refractivity (Wildman–Crippen MR) is 76.7 cm³/mol. The number of nitrogens with one attached hydrogen (secondary N) is 2. The van der Waals surface area contributed by atoms with Crippen LogP contribution in [-0.4, -0.2) is 10.9 Å². The van der Waals surface area contributed by atoms with Crippen LogP contribution in [0.5, 0.6) is 0 Å². The summed E-state index contributed by atoms with van der Waals surface area (Å²) in [5.41, 5.74) is 2.46. The van der Waals surface area contributed by atoms with Crippen molar-refractivity contribution in [3.8, 4) is 0 Å². The monoisotopic (exact) mass is 250 g/mol. The molecule has 1 heterocycles. The van der Waals surface area contributed by atoms with Crippen LogP contribution in [0.3, 0.4) is 0 Å². The lowest BCUT2D eigenvalue weighted by Gasteiger charge is -2.06. The number of rotatable bonds is 2. The number of carbonyl (C=O) groups is 1. The number of aromatic nitrogens is 1. The van der Waals surface area contributed by atoms with E-state index in [0.717, 1.165) is 23.0 Å². The van der Waals surface area contributed by atoms with Gasteiger partial charge in [0, 0.05) is 23.0 Å². The van der Waals surface area contributed by atoms with E-state index in [9.17, 15) is 4.79 Å². The molecule has 0 atom stereocenters. The van der Waals surface area contributed by atoms with Gasteiger partial charge in [-0.3, -0.25) is 4.79 Å². The molecule has 1 amide bonds. The van der Waals surface area contributed by atoms with Crippen molar-refractivity contribution < 1.29 is 4.79 Å². The minimum absolute atomic E-state index is 0.0886. The van der Waals surface area contributed by atoms with Gasteiger partial charge < -0.3 is 10.3 Å². The van der Waals surface area contributed by atoms with Crippen LogP contribution in [0, 0.1) is 0 Å². The molecule has 1 aromatic carbocycles. The van der Waals surface area contributed by atoms with E-state index < -0.39 is 0 Å². The van der Waals surface area contributed by atoms with E-state index in [1.807, 2.05) is 60.8 Å². The second-order valence-electron chi connectivity index (χ2n) is 4.42. The quantitative estimate of drug-likeness (QED) is 0.844. The van der Waals surface area contributed by atoms with Crippen LogP contribution in [0.1, 0.15) is 16.8 Å². The average molecular weight is 250 g/mol. The summed E-state index contributed by atoms with van der Waals surface area (Å²) in [5.74, 6) is -0.0886. The van der Waals surface area contributed by atoms with E-state index in [4.69, 9.17) is 0 Å². The summed E-state index contributed by atoms with van der Waals surface area (Å²) < 4.78 is 0. The second-order valence-corrected chi connectivity index (χ2v) is 4.42. The summed E-state index contributed by atoms with van der Waals surface area (Å²) in [6.07, 6.45) is 12.5. The molecule has 1 aliphatic rings. The zero-order valence-electron chi connectivity index (χ0n) is 10.4. The first-order valence-corrected chi connectivity index (χ1v) is 6.25. The van der Waals surface area contributed by atoms with Crippen molar-refractivity contribution in [3.63, 3.8) is 0 Å². The highest BCUT2D eigenvalue weighted by Gasteiger charge is 2.07. The van der Waals surface area contributed by atoms with Crippen LogP contribution in [0.15, 0.2) is 66.5 Å². The number of carbonyl (C=O) groups excluding carboxylic acids is 1. The Bertz CT molecular complexity index is 704. The third kappa shape index (κ3) is 2.50. The number of allylic oxidation sites excluding steroid dienone is 5. The van der Waals surface area contributed by atoms with Crippen molar-refractivity contribution >= 4 is 16.8 Å². The molecule has 0 aliphatic heterocycles. The molecule has 1 aliphatic carbocycles. The highest BCUT2D eigenvalue weighted by Crippen LogP contribution is 2.14. The molecule has 3 nitrogen and oxygen atoms in total. The summed E-state index contributed by atoms with van der Waals surface area (Å²) >= 11 is 0. The number of hydrogen-bond acceptors (Lipinski definition) is 1. The molecule has 0 fully saturated rings. The van der Waals surface area contributed by atoms with Crippen molar-refractivity contribution in [2.24, 2.45) is 0 Å². The lowest BCUT2D eigenvalue weighted by Crippen LogP contribution is -2.21. The molecular weight excluding hydrogens is 236 g/mol. The van der Waals surface area contributed by atoms with Crippen LogP contribution in [0.25, 0.3) is 10.9 Å². The van der Waals surface area contributed by atoms with Gasteiger partial charge in [0.05, 0.1) is 0 Å². The van der Waals surface area contributed by atoms with Crippen molar-refractivity contribution in [1.29, 1.82) is 0 Å². The first-order chi connectivity index (χ1) is 9.33. The lowest BCUT2D eigenvalue weighted by atomic mass is 10.1. The average Bonchev–Trinajstić information content (AvgIpc) is 2.75. The molecule has 3 heteroatoms. The molecule has 0 bridgehead atoms. The van der Waals surface area contributed by atoms with E-state index in [0.29, 0.717) is 5.56 Å². The van der Waals surface area contributed by atoms with Crippen LogP contribution < -0.4 is 5.32 Å². The molecule has 0 saturated heterocycles. The molecule has 19 heavy (non-hydrogen) atoms. The predicted octanol–water partition coefficient (Wildman–Crippen LogP) is 3.30. The Labute approximate surface area is 111 Å². The molecule has 0 unspecified atom stereocenters. The molecule has 94 valence electrons. The van der Waals surface area contributed by atoms with E-state index in [1.54, 1.807) is 0 Å². The van der Waals surface area contributed by atoms with Crippen molar-refractivity contribution in [2.45, 2.75) is 6.42 Å². The largest absolute Gasteiger partial charge is 0.361 e. The van der Waals surface area contributed by atoms with Crippen molar-refractivity contribution in [3.05, 3.63) is 72.1 Å². The Balaban J connectivity index is 1.81. The Morgan fingerprint density at radius 1 is 1.21 bits per heavy atom. The van der Waals surface area contributed by atoms with Crippen LogP contribution in [0.4, 0.5) is 0 Å². The molecule has 0 radical (unpaired) electrons. The van der Waals surface area contributed by atoms with Gasteiger partial charge in [-0.15, -0.1) is 0 Å². The third-order valence-corrected chi connectivity index (χ3v) is 3.07. The summed E-state index contributed by atoms with van der Waals surface area (Å²) in [6, 6.07) is 7.63. The van der Waals surface area contributed by atoms with Gasteiger partial charge in [-0.1, -0.05) is 30.4 Å². The zero-order valence-corrected chi connectivity index (χ0v) is 10.4. The minimum Gasteiger partial charge on any atom is -0.361 e. The first kappa shape index (κ1) is 11.5. The fourth-order valence-electron chi connectivity index (χ4n) is 2.06. The maximum absolute atomic E-state index is 12.2. The lowest BCUT2D eigenvalue weighted by molar-refractivity contribution is 0.0967. The maximum atomic E-state index is 12.2. The smallest absolute Gasteiger partial charge is 0.255 e. The van der Waals surface area contributed by atoms with Crippen LogP contribution >= 0.6 is 0 Å². The van der Waals surface area contributed by atoms with Gasteiger partial charge in [0.25, 0.3) is 5.91 Å². The van der Waals surface area contributed by atoms with Gasteiger partial charge in [-0.05, 0) is 36.1 Å². The molecule has 0 spiro atoms. The van der Waals surface area contributed by atoms with Gasteiger partial charge in [0.15, 0.2) is 0 Å². The molecule has 0 saturated carbocycles. The van der Waals surface area contributed by atoms with Gasteiger partial charge in [0.2, 0.25) is 0 Å². The number of fused-ring (bicyclic) bond motifs is 1. The Morgan fingerprint density at radius 2 is 2.16 bits per heavy atom. The molecule has 2 N–H and O–H groups in total.